The molecule has 0 aliphatic heterocycles. The molecule has 2 aromatic rings. The highest BCUT2D eigenvalue weighted by molar-refractivity contribution is 6.03. The van der Waals surface area contributed by atoms with Gasteiger partial charge in [-0.2, -0.15) is 5.10 Å². The van der Waals surface area contributed by atoms with Gasteiger partial charge in [0.15, 0.2) is 0 Å². The molecule has 6 heteroatoms. The Labute approximate surface area is 141 Å². The number of halogens is 1. The van der Waals surface area contributed by atoms with E-state index in [9.17, 15) is 4.79 Å². The third-order valence-corrected chi connectivity index (χ3v) is 4.51. The average Bonchev–Trinajstić information content (AvgIpc) is 3.44. The van der Waals surface area contributed by atoms with Gasteiger partial charge in [-0.1, -0.05) is 12.1 Å². The molecule has 0 unspecified atom stereocenters. The quantitative estimate of drug-likeness (QED) is 0.761. The molecule has 3 N–H and O–H groups in total. The lowest BCUT2D eigenvalue weighted by Crippen LogP contribution is -2.20. The predicted molar refractivity (Wildman–Crippen MR) is 92.1 cm³/mol. The number of nitrogens with one attached hydrogen (secondary N) is 3. The lowest BCUT2D eigenvalue weighted by atomic mass is 10.1. The Hall–Kier alpha value is -1.85. The van der Waals surface area contributed by atoms with Gasteiger partial charge in [-0.05, 0) is 49.4 Å². The van der Waals surface area contributed by atoms with Crippen LogP contribution in [0, 0.1) is 5.92 Å². The molecule has 4 rings (SSSR count). The first kappa shape index (κ1) is 16.0. The zero-order chi connectivity index (χ0) is 14.9. The first-order valence-corrected chi connectivity index (χ1v) is 7.93. The second kappa shape index (κ2) is 6.72. The van der Waals surface area contributed by atoms with Crippen LogP contribution < -0.4 is 10.6 Å². The van der Waals surface area contributed by atoms with Crippen LogP contribution in [0.25, 0.3) is 0 Å². The van der Waals surface area contributed by atoms with Crippen LogP contribution in [0.4, 0.5) is 5.69 Å². The number of aromatic nitrogens is 2. The molecule has 1 aromatic heterocycles. The first-order valence-electron chi connectivity index (χ1n) is 7.93. The Balaban J connectivity index is 0.00000156. The van der Waals surface area contributed by atoms with E-state index in [1.165, 1.54) is 37.6 Å². The second-order valence-electron chi connectivity index (χ2n) is 6.36. The minimum atomic E-state index is -0.142. The third kappa shape index (κ3) is 3.92. The fourth-order valence-electron chi connectivity index (χ4n) is 2.82. The summed E-state index contributed by atoms with van der Waals surface area (Å²) in [6.45, 7) is 1.18. The maximum absolute atomic E-state index is 11.9. The Kier molecular flexibility index (Phi) is 4.68. The van der Waals surface area contributed by atoms with E-state index in [-0.39, 0.29) is 18.3 Å². The van der Waals surface area contributed by atoms with Crippen molar-refractivity contribution in [1.29, 1.82) is 0 Å². The minimum absolute atomic E-state index is 0. The fraction of sp³-hybridized carbons (Fsp3) is 0.412. The molecule has 23 heavy (non-hydrogen) atoms. The molecule has 0 bridgehead atoms. The smallest absolute Gasteiger partial charge is 0.258 e. The van der Waals surface area contributed by atoms with Crippen LogP contribution in [0.2, 0.25) is 0 Å². The molecule has 2 aliphatic rings. The van der Waals surface area contributed by atoms with E-state index in [1.54, 1.807) is 6.20 Å². The second-order valence-corrected chi connectivity index (χ2v) is 6.36. The van der Waals surface area contributed by atoms with Crippen LogP contribution in [-0.4, -0.2) is 28.7 Å². The van der Waals surface area contributed by atoms with Gasteiger partial charge in [0.25, 0.3) is 5.91 Å². The summed E-state index contributed by atoms with van der Waals surface area (Å²) in [7, 11) is 0. The highest BCUT2D eigenvalue weighted by Gasteiger charge is 2.38. The number of hydrogen-bond donors (Lipinski definition) is 3. The number of anilines is 1. The van der Waals surface area contributed by atoms with Crippen LogP contribution in [0.5, 0.6) is 0 Å². The summed E-state index contributed by atoms with van der Waals surface area (Å²) in [5.41, 5.74) is 2.71. The van der Waals surface area contributed by atoms with Gasteiger partial charge in [-0.25, -0.2) is 0 Å². The average molecular weight is 333 g/mol. The van der Waals surface area contributed by atoms with Crippen molar-refractivity contribution >= 4 is 24.0 Å². The summed E-state index contributed by atoms with van der Waals surface area (Å²) < 4.78 is 0. The molecule has 2 saturated carbocycles. The number of benzene rings is 1. The summed E-state index contributed by atoms with van der Waals surface area (Å²) in [5, 5.41) is 12.9. The highest BCUT2D eigenvalue weighted by Crippen LogP contribution is 2.41. The third-order valence-electron chi connectivity index (χ3n) is 4.51. The number of carbonyl (C=O) groups excluding carboxylic acids is 1. The van der Waals surface area contributed by atoms with Crippen molar-refractivity contribution in [1.82, 2.24) is 15.5 Å². The molecule has 1 heterocycles. The van der Waals surface area contributed by atoms with Crippen LogP contribution in [-0.2, 0) is 0 Å². The largest absolute Gasteiger partial charge is 0.322 e. The molecular formula is C17H21ClN4O. The number of carbonyl (C=O) groups is 1. The van der Waals surface area contributed by atoms with Crippen molar-refractivity contribution < 1.29 is 4.79 Å². The standard InChI is InChI=1S/C17H20N4O.ClH/c22-17(13-9-19-20-10-13)21-14-5-3-12(4-6-14)15-7-16(15)18-8-11-1-2-11;/h3-6,9-11,15-16,18H,1-2,7-8H2,(H,19,20)(H,21,22);1H/t15-,16+;/m1./s1. The molecule has 2 atom stereocenters. The van der Waals surface area contributed by atoms with Crippen LogP contribution in [0.3, 0.4) is 0 Å². The Morgan fingerprint density at radius 1 is 1.26 bits per heavy atom. The number of nitrogens with zero attached hydrogens (tertiary/aromatic N) is 1. The van der Waals surface area contributed by atoms with Crippen molar-refractivity contribution in [3.05, 3.63) is 47.8 Å². The Morgan fingerprint density at radius 3 is 2.70 bits per heavy atom. The SMILES string of the molecule is Cl.O=C(Nc1ccc([C@H]2C[C@@H]2NCC2CC2)cc1)c1cn[nH]c1. The summed E-state index contributed by atoms with van der Waals surface area (Å²) >= 11 is 0. The number of hydrogen-bond acceptors (Lipinski definition) is 3. The predicted octanol–water partition coefficient (Wildman–Crippen LogP) is 2.94. The van der Waals surface area contributed by atoms with Gasteiger partial charge in [0.05, 0.1) is 11.8 Å². The lowest BCUT2D eigenvalue weighted by molar-refractivity contribution is 0.102. The zero-order valence-corrected chi connectivity index (χ0v) is 13.6. The number of rotatable bonds is 6. The minimum Gasteiger partial charge on any atom is -0.322 e. The Morgan fingerprint density at radius 2 is 2.04 bits per heavy atom. The maximum Gasteiger partial charge on any atom is 0.258 e. The Bertz CT molecular complexity index is 652. The van der Waals surface area contributed by atoms with E-state index in [2.05, 4.69) is 33.0 Å². The molecule has 2 fully saturated rings. The van der Waals surface area contributed by atoms with Crippen molar-refractivity contribution in [2.45, 2.75) is 31.2 Å². The fourth-order valence-corrected chi connectivity index (χ4v) is 2.82. The van der Waals surface area contributed by atoms with Crippen molar-refractivity contribution in [3.8, 4) is 0 Å². The van der Waals surface area contributed by atoms with Crippen molar-refractivity contribution in [2.24, 2.45) is 5.92 Å². The van der Waals surface area contributed by atoms with Gasteiger partial charge in [-0.15, -0.1) is 12.4 Å². The van der Waals surface area contributed by atoms with E-state index in [0.29, 0.717) is 17.5 Å². The van der Waals surface area contributed by atoms with Gasteiger partial charge < -0.3 is 10.6 Å². The van der Waals surface area contributed by atoms with Gasteiger partial charge in [0.2, 0.25) is 0 Å². The summed E-state index contributed by atoms with van der Waals surface area (Å²) in [6, 6.07) is 8.84. The molecule has 0 saturated heterocycles. The van der Waals surface area contributed by atoms with Crippen molar-refractivity contribution in [2.75, 3.05) is 11.9 Å². The normalized spacial score (nSPS) is 22.3. The number of H-pyrrole nitrogens is 1. The van der Waals surface area contributed by atoms with Gasteiger partial charge >= 0.3 is 0 Å². The zero-order valence-electron chi connectivity index (χ0n) is 12.8. The highest BCUT2D eigenvalue weighted by atomic mass is 35.5. The number of amides is 1. The molecule has 1 aromatic carbocycles. The molecule has 1 amide bonds. The summed E-state index contributed by atoms with van der Waals surface area (Å²) in [6.07, 6.45) is 7.13. The van der Waals surface area contributed by atoms with Crippen LogP contribution >= 0.6 is 12.4 Å². The van der Waals surface area contributed by atoms with E-state index in [4.69, 9.17) is 0 Å². The van der Waals surface area contributed by atoms with Gasteiger partial charge in [0, 0.05) is 23.8 Å². The molecule has 5 nitrogen and oxygen atoms in total. The topological polar surface area (TPSA) is 69.8 Å². The van der Waals surface area contributed by atoms with E-state index in [1.807, 2.05) is 12.1 Å². The van der Waals surface area contributed by atoms with Crippen LogP contribution in [0.1, 0.15) is 41.1 Å². The first-order chi connectivity index (χ1) is 10.8. The van der Waals surface area contributed by atoms with Gasteiger partial charge in [-0.3, -0.25) is 9.89 Å². The molecule has 0 radical (unpaired) electrons. The summed E-state index contributed by atoms with van der Waals surface area (Å²) in [5.74, 6) is 1.43. The molecule has 0 spiro atoms. The van der Waals surface area contributed by atoms with E-state index >= 15 is 0 Å². The van der Waals surface area contributed by atoms with Crippen LogP contribution in [0.15, 0.2) is 36.7 Å². The maximum atomic E-state index is 11.9. The molecular weight excluding hydrogens is 312 g/mol. The van der Waals surface area contributed by atoms with E-state index < -0.39 is 0 Å². The van der Waals surface area contributed by atoms with E-state index in [0.717, 1.165) is 11.6 Å². The lowest BCUT2D eigenvalue weighted by Gasteiger charge is -2.06. The molecule has 2 aliphatic carbocycles. The van der Waals surface area contributed by atoms with Gasteiger partial charge in [0.1, 0.15) is 0 Å². The van der Waals surface area contributed by atoms with Crippen molar-refractivity contribution in [3.63, 3.8) is 0 Å². The monoisotopic (exact) mass is 332 g/mol. The summed E-state index contributed by atoms with van der Waals surface area (Å²) in [4.78, 5) is 11.9. The molecule has 122 valence electrons. The number of aromatic amines is 1.